The largest absolute Gasteiger partial charge is 0.353 e. The first kappa shape index (κ1) is 19.7. The minimum absolute atomic E-state index is 0.140. The van der Waals surface area contributed by atoms with Gasteiger partial charge in [0.05, 0.1) is 23.3 Å². The van der Waals surface area contributed by atoms with E-state index in [2.05, 4.69) is 20.8 Å². The number of hydrogen-bond acceptors (Lipinski definition) is 7. The van der Waals surface area contributed by atoms with Crippen molar-refractivity contribution in [2.45, 2.75) is 23.5 Å². The van der Waals surface area contributed by atoms with Crippen molar-refractivity contribution in [2.75, 3.05) is 29.6 Å². The molecule has 2 aromatic rings. The third-order valence-electron chi connectivity index (χ3n) is 3.28. The summed E-state index contributed by atoms with van der Waals surface area (Å²) in [6.45, 7) is 1.49. The summed E-state index contributed by atoms with van der Waals surface area (Å²) in [6.07, 6.45) is 1.59. The molecule has 2 N–H and O–H groups in total. The molecule has 26 heavy (non-hydrogen) atoms. The van der Waals surface area contributed by atoms with Gasteiger partial charge in [0.25, 0.3) is 0 Å². The molecule has 2 heterocycles. The van der Waals surface area contributed by atoms with Crippen molar-refractivity contribution in [1.29, 1.82) is 0 Å². The number of ether oxygens (including phenoxy) is 2. The van der Waals surface area contributed by atoms with Crippen LogP contribution in [0.25, 0.3) is 0 Å². The zero-order valence-electron chi connectivity index (χ0n) is 13.5. The van der Waals surface area contributed by atoms with Crippen LogP contribution in [0.5, 0.6) is 0 Å². The fourth-order valence-corrected chi connectivity index (χ4v) is 4.17. The maximum Gasteiger partial charge on any atom is 0.325 e. The standard InChI is InChI=1S/C15H16Cl2N4O3S2/c16-10-3-2-9(8-11(10)17)18-13(22)19-14-20-21-15(26-14)25-7-4-12-23-5-1-6-24-12/h2-3,8,12H,1,4-7H2,(H2,18,19,20,22). The van der Waals surface area contributed by atoms with Gasteiger partial charge in [-0.25, -0.2) is 4.79 Å². The summed E-state index contributed by atoms with van der Waals surface area (Å²) in [5.41, 5.74) is 0.531. The Hall–Kier alpha value is -1.10. The lowest BCUT2D eigenvalue weighted by Gasteiger charge is -2.22. The number of carbonyl (C=O) groups is 1. The first-order valence-corrected chi connectivity index (χ1v) is 10.4. The maximum atomic E-state index is 12.0. The topological polar surface area (TPSA) is 85.4 Å². The van der Waals surface area contributed by atoms with E-state index in [0.717, 1.165) is 36.1 Å². The molecule has 0 saturated carbocycles. The smallest absolute Gasteiger partial charge is 0.325 e. The Morgan fingerprint density at radius 1 is 1.23 bits per heavy atom. The zero-order chi connectivity index (χ0) is 18.4. The number of thioether (sulfide) groups is 1. The molecule has 0 aliphatic carbocycles. The SMILES string of the molecule is O=C(Nc1ccc(Cl)c(Cl)c1)Nc1nnc(SCCC2OCCCO2)s1. The van der Waals surface area contributed by atoms with Gasteiger partial charge in [-0.1, -0.05) is 46.3 Å². The molecule has 11 heteroatoms. The van der Waals surface area contributed by atoms with Gasteiger partial charge in [-0.05, 0) is 24.6 Å². The highest BCUT2D eigenvalue weighted by atomic mass is 35.5. The molecule has 1 aliphatic heterocycles. The number of benzene rings is 1. The van der Waals surface area contributed by atoms with Crippen molar-refractivity contribution >= 4 is 63.2 Å². The van der Waals surface area contributed by atoms with E-state index < -0.39 is 6.03 Å². The van der Waals surface area contributed by atoms with Crippen LogP contribution < -0.4 is 10.6 Å². The predicted molar refractivity (Wildman–Crippen MR) is 105 cm³/mol. The lowest BCUT2D eigenvalue weighted by Crippen LogP contribution is -2.25. The number of nitrogens with one attached hydrogen (secondary N) is 2. The number of amides is 2. The highest BCUT2D eigenvalue weighted by Gasteiger charge is 2.15. The number of anilines is 2. The highest BCUT2D eigenvalue weighted by Crippen LogP contribution is 2.28. The van der Waals surface area contributed by atoms with Gasteiger partial charge in [-0.2, -0.15) is 0 Å². The van der Waals surface area contributed by atoms with Crippen molar-refractivity contribution in [3.63, 3.8) is 0 Å². The quantitative estimate of drug-likeness (QED) is 0.504. The van der Waals surface area contributed by atoms with Crippen LogP contribution in [-0.2, 0) is 9.47 Å². The average Bonchev–Trinajstić information content (AvgIpc) is 3.06. The summed E-state index contributed by atoms with van der Waals surface area (Å²) in [7, 11) is 0. The van der Waals surface area contributed by atoms with Crippen molar-refractivity contribution < 1.29 is 14.3 Å². The number of carbonyl (C=O) groups excluding carboxylic acids is 1. The molecule has 1 saturated heterocycles. The summed E-state index contributed by atoms with van der Waals surface area (Å²) in [4.78, 5) is 12.0. The van der Waals surface area contributed by atoms with Gasteiger partial charge in [-0.3, -0.25) is 5.32 Å². The van der Waals surface area contributed by atoms with Crippen LogP contribution in [0, 0.1) is 0 Å². The van der Waals surface area contributed by atoms with E-state index in [0.29, 0.717) is 20.9 Å². The molecule has 1 aliphatic rings. The molecule has 0 bridgehead atoms. The fraction of sp³-hybridized carbons (Fsp3) is 0.400. The molecule has 1 aromatic carbocycles. The number of rotatable bonds is 6. The van der Waals surface area contributed by atoms with Gasteiger partial charge in [0.1, 0.15) is 0 Å². The molecule has 0 spiro atoms. The third kappa shape index (κ3) is 5.97. The molecule has 3 rings (SSSR count). The van der Waals surface area contributed by atoms with E-state index in [9.17, 15) is 4.79 Å². The van der Waals surface area contributed by atoms with Crippen LogP contribution in [0.4, 0.5) is 15.6 Å². The van der Waals surface area contributed by atoms with Crippen molar-refractivity contribution in [1.82, 2.24) is 10.2 Å². The Labute approximate surface area is 168 Å². The second kappa shape index (κ2) is 9.72. The van der Waals surface area contributed by atoms with E-state index in [4.69, 9.17) is 32.7 Å². The predicted octanol–water partition coefficient (Wildman–Crippen LogP) is 4.73. The normalized spacial score (nSPS) is 15.0. The van der Waals surface area contributed by atoms with Gasteiger partial charge in [0.2, 0.25) is 5.13 Å². The summed E-state index contributed by atoms with van der Waals surface area (Å²) < 4.78 is 11.8. The summed E-state index contributed by atoms with van der Waals surface area (Å²) in [5.74, 6) is 0.800. The molecule has 0 atom stereocenters. The second-order valence-corrected chi connectivity index (χ2v) is 8.38. The minimum Gasteiger partial charge on any atom is -0.353 e. The van der Waals surface area contributed by atoms with E-state index in [1.165, 1.54) is 11.3 Å². The minimum atomic E-state index is -0.430. The molecule has 2 amide bonds. The van der Waals surface area contributed by atoms with Crippen LogP contribution in [-0.4, -0.2) is 41.5 Å². The second-order valence-electron chi connectivity index (χ2n) is 5.24. The first-order chi connectivity index (χ1) is 12.6. The van der Waals surface area contributed by atoms with E-state index >= 15 is 0 Å². The molecule has 1 fully saturated rings. The lowest BCUT2D eigenvalue weighted by molar-refractivity contribution is -0.178. The van der Waals surface area contributed by atoms with Crippen LogP contribution in [0.15, 0.2) is 22.5 Å². The van der Waals surface area contributed by atoms with Crippen LogP contribution in [0.3, 0.4) is 0 Å². The Bertz CT molecular complexity index is 756. The van der Waals surface area contributed by atoms with Crippen molar-refractivity contribution in [3.05, 3.63) is 28.2 Å². The van der Waals surface area contributed by atoms with Gasteiger partial charge in [-0.15, -0.1) is 10.2 Å². The van der Waals surface area contributed by atoms with E-state index in [-0.39, 0.29) is 6.29 Å². The number of aromatic nitrogens is 2. The van der Waals surface area contributed by atoms with Gasteiger partial charge in [0, 0.05) is 17.9 Å². The number of nitrogens with zero attached hydrogens (tertiary/aromatic N) is 2. The average molecular weight is 435 g/mol. The van der Waals surface area contributed by atoms with Crippen LogP contribution >= 0.6 is 46.3 Å². The number of halogens is 2. The monoisotopic (exact) mass is 434 g/mol. The van der Waals surface area contributed by atoms with Gasteiger partial charge >= 0.3 is 6.03 Å². The lowest BCUT2D eigenvalue weighted by atomic mass is 10.3. The summed E-state index contributed by atoms with van der Waals surface area (Å²) in [6, 6.07) is 4.41. The van der Waals surface area contributed by atoms with Crippen LogP contribution in [0.2, 0.25) is 10.0 Å². The Morgan fingerprint density at radius 2 is 2.04 bits per heavy atom. The van der Waals surface area contributed by atoms with Gasteiger partial charge in [0.15, 0.2) is 10.6 Å². The van der Waals surface area contributed by atoms with Gasteiger partial charge < -0.3 is 14.8 Å². The molecule has 1 aromatic heterocycles. The van der Waals surface area contributed by atoms with Crippen molar-refractivity contribution in [2.24, 2.45) is 0 Å². The molecular formula is C15H16Cl2N4O3S2. The fourth-order valence-electron chi connectivity index (χ4n) is 2.10. The van der Waals surface area contributed by atoms with E-state index in [1.807, 2.05) is 0 Å². The number of hydrogen-bond donors (Lipinski definition) is 2. The number of urea groups is 1. The molecule has 7 nitrogen and oxygen atoms in total. The Balaban J connectivity index is 1.43. The Kier molecular flexibility index (Phi) is 7.35. The van der Waals surface area contributed by atoms with E-state index in [1.54, 1.807) is 30.0 Å². The third-order valence-corrected chi connectivity index (χ3v) is 6.02. The first-order valence-electron chi connectivity index (χ1n) is 7.83. The highest BCUT2D eigenvalue weighted by molar-refractivity contribution is 8.01. The zero-order valence-corrected chi connectivity index (χ0v) is 16.7. The molecular weight excluding hydrogens is 419 g/mol. The van der Waals surface area contributed by atoms with Crippen LogP contribution in [0.1, 0.15) is 12.8 Å². The molecule has 0 radical (unpaired) electrons. The maximum absolute atomic E-state index is 12.0. The summed E-state index contributed by atoms with van der Waals surface area (Å²) >= 11 is 14.6. The molecule has 140 valence electrons. The Morgan fingerprint density at radius 3 is 2.81 bits per heavy atom. The molecule has 0 unspecified atom stereocenters. The summed E-state index contributed by atoms with van der Waals surface area (Å²) in [5, 5.41) is 14.5. The van der Waals surface area contributed by atoms with Crippen molar-refractivity contribution in [3.8, 4) is 0 Å².